The van der Waals surface area contributed by atoms with E-state index in [0.29, 0.717) is 5.69 Å². The van der Waals surface area contributed by atoms with Crippen LogP contribution in [0, 0.1) is 11.8 Å². The Morgan fingerprint density at radius 2 is 1.88 bits per heavy atom. The highest BCUT2D eigenvalue weighted by molar-refractivity contribution is 5.94. The predicted octanol–water partition coefficient (Wildman–Crippen LogP) is 4.83. The van der Waals surface area contributed by atoms with Crippen LogP contribution in [0.15, 0.2) is 47.8 Å². The molecular weight excluding hydrogens is 328 g/mol. The van der Waals surface area contributed by atoms with Crippen molar-refractivity contribution in [1.82, 2.24) is 4.98 Å². The lowest BCUT2D eigenvalue weighted by atomic mass is 9.88. The third kappa shape index (κ3) is 8.10. The topological polar surface area (TPSA) is 79.3 Å². The highest BCUT2D eigenvalue weighted by Gasteiger charge is 2.26. The molecule has 5 nitrogen and oxygen atoms in total. The van der Waals surface area contributed by atoms with Crippen LogP contribution in [0.1, 0.15) is 53.4 Å². The molecule has 0 bridgehead atoms. The highest BCUT2D eigenvalue weighted by atomic mass is 16.4. The summed E-state index contributed by atoms with van der Waals surface area (Å²) in [5.41, 5.74) is 3.16. The number of hydrogen-bond acceptors (Lipinski definition) is 3. The molecule has 0 aliphatic rings. The van der Waals surface area contributed by atoms with E-state index in [2.05, 4.69) is 30.2 Å². The van der Waals surface area contributed by atoms with E-state index >= 15 is 0 Å². The van der Waals surface area contributed by atoms with Crippen molar-refractivity contribution in [1.29, 1.82) is 0 Å². The second-order valence-corrected chi connectivity index (χ2v) is 6.74. The van der Waals surface area contributed by atoms with Gasteiger partial charge in [0.25, 0.3) is 0 Å². The van der Waals surface area contributed by atoms with Gasteiger partial charge in [-0.15, -0.1) is 0 Å². The Kier molecular flexibility index (Phi) is 9.34. The zero-order chi connectivity index (χ0) is 19.5. The first-order chi connectivity index (χ1) is 12.3. The van der Waals surface area contributed by atoms with Gasteiger partial charge < -0.3 is 10.4 Å². The number of aromatic nitrogens is 1. The SMILES string of the molecule is CCC(C)=CCCC(C)=CC(C)C(CC(=O)O)C(=O)Nc1ccncc1. The summed E-state index contributed by atoms with van der Waals surface area (Å²) in [6.07, 6.45) is 10.1. The Balaban J connectivity index is 2.78. The first-order valence-corrected chi connectivity index (χ1v) is 9.09. The van der Waals surface area contributed by atoms with Crippen LogP contribution < -0.4 is 5.32 Å². The number of rotatable bonds is 10. The third-order valence-corrected chi connectivity index (χ3v) is 4.45. The summed E-state index contributed by atoms with van der Waals surface area (Å²) >= 11 is 0. The minimum atomic E-state index is -0.973. The fraction of sp³-hybridized carbons (Fsp3) is 0.476. The Morgan fingerprint density at radius 1 is 1.23 bits per heavy atom. The number of pyridine rings is 1. The minimum Gasteiger partial charge on any atom is -0.481 e. The molecule has 0 spiro atoms. The first-order valence-electron chi connectivity index (χ1n) is 9.09. The van der Waals surface area contributed by atoms with Gasteiger partial charge in [-0.05, 0) is 51.2 Å². The standard InChI is InChI=1S/C21H30N2O3/c1-5-15(2)7-6-8-16(3)13-17(4)19(14-20(24)25)21(26)23-18-9-11-22-12-10-18/h7,9-13,17,19H,5-6,8,14H2,1-4H3,(H,24,25)(H,22,23,26). The van der Waals surface area contributed by atoms with Crippen molar-refractivity contribution in [3.8, 4) is 0 Å². The quantitative estimate of drug-likeness (QED) is 0.587. The molecule has 1 heterocycles. The lowest BCUT2D eigenvalue weighted by Gasteiger charge is -2.20. The molecule has 1 aromatic heterocycles. The molecule has 0 aliphatic heterocycles. The van der Waals surface area contributed by atoms with Gasteiger partial charge in [0.1, 0.15) is 0 Å². The summed E-state index contributed by atoms with van der Waals surface area (Å²) in [7, 11) is 0. The number of nitrogens with one attached hydrogen (secondary N) is 1. The summed E-state index contributed by atoms with van der Waals surface area (Å²) in [6, 6.07) is 3.37. The van der Waals surface area contributed by atoms with Crippen LogP contribution in [0.4, 0.5) is 5.69 Å². The summed E-state index contributed by atoms with van der Waals surface area (Å²) in [5, 5.41) is 12.0. The number of allylic oxidation sites excluding steroid dienone is 4. The van der Waals surface area contributed by atoms with Crippen molar-refractivity contribution in [3.05, 3.63) is 47.8 Å². The van der Waals surface area contributed by atoms with E-state index in [-0.39, 0.29) is 18.2 Å². The average molecular weight is 358 g/mol. The molecule has 2 unspecified atom stereocenters. The van der Waals surface area contributed by atoms with Crippen molar-refractivity contribution < 1.29 is 14.7 Å². The minimum absolute atomic E-state index is 0.163. The number of carbonyl (C=O) groups excluding carboxylic acids is 1. The van der Waals surface area contributed by atoms with Crippen LogP contribution >= 0.6 is 0 Å². The maximum Gasteiger partial charge on any atom is 0.304 e. The first kappa shape index (κ1) is 21.6. The summed E-state index contributed by atoms with van der Waals surface area (Å²) in [4.78, 5) is 27.7. The number of aliphatic carboxylic acids is 1. The summed E-state index contributed by atoms with van der Waals surface area (Å²) < 4.78 is 0. The van der Waals surface area contributed by atoms with Crippen molar-refractivity contribution in [2.75, 3.05) is 5.32 Å². The molecular formula is C21H30N2O3. The summed E-state index contributed by atoms with van der Waals surface area (Å²) in [5.74, 6) is -2.04. The fourth-order valence-corrected chi connectivity index (χ4v) is 2.71. The molecule has 26 heavy (non-hydrogen) atoms. The molecule has 0 aliphatic carbocycles. The molecule has 0 saturated carbocycles. The Labute approximate surface area is 156 Å². The molecule has 0 radical (unpaired) electrons. The molecule has 1 rings (SSSR count). The van der Waals surface area contributed by atoms with Gasteiger partial charge in [-0.25, -0.2) is 0 Å². The fourth-order valence-electron chi connectivity index (χ4n) is 2.71. The monoisotopic (exact) mass is 358 g/mol. The Morgan fingerprint density at radius 3 is 2.46 bits per heavy atom. The van der Waals surface area contributed by atoms with Gasteiger partial charge in [-0.2, -0.15) is 0 Å². The Hall–Kier alpha value is -2.43. The molecule has 5 heteroatoms. The lowest BCUT2D eigenvalue weighted by molar-refractivity contribution is -0.140. The van der Waals surface area contributed by atoms with Crippen molar-refractivity contribution >= 4 is 17.6 Å². The van der Waals surface area contributed by atoms with Crippen LogP contribution in [-0.4, -0.2) is 22.0 Å². The van der Waals surface area contributed by atoms with E-state index in [4.69, 9.17) is 0 Å². The van der Waals surface area contributed by atoms with E-state index in [9.17, 15) is 14.7 Å². The van der Waals surface area contributed by atoms with Gasteiger partial charge >= 0.3 is 5.97 Å². The van der Waals surface area contributed by atoms with Crippen LogP contribution in [0.5, 0.6) is 0 Å². The van der Waals surface area contributed by atoms with Crippen molar-refractivity contribution in [2.24, 2.45) is 11.8 Å². The van der Waals surface area contributed by atoms with Crippen LogP contribution in [0.25, 0.3) is 0 Å². The van der Waals surface area contributed by atoms with E-state index in [1.165, 1.54) is 11.1 Å². The number of hydrogen-bond donors (Lipinski definition) is 2. The number of carbonyl (C=O) groups is 2. The zero-order valence-electron chi connectivity index (χ0n) is 16.2. The van der Waals surface area contributed by atoms with E-state index in [1.807, 2.05) is 19.9 Å². The average Bonchev–Trinajstić information content (AvgIpc) is 2.59. The second kappa shape index (κ2) is 11.2. The Bertz CT molecular complexity index is 650. The number of anilines is 1. The van der Waals surface area contributed by atoms with E-state index < -0.39 is 11.9 Å². The number of carboxylic acid groups (broad SMARTS) is 1. The molecule has 0 saturated heterocycles. The van der Waals surface area contributed by atoms with Crippen molar-refractivity contribution in [3.63, 3.8) is 0 Å². The molecule has 142 valence electrons. The number of nitrogens with zero attached hydrogens (tertiary/aromatic N) is 1. The lowest BCUT2D eigenvalue weighted by Crippen LogP contribution is -2.29. The van der Waals surface area contributed by atoms with Gasteiger partial charge in [-0.1, -0.05) is 37.1 Å². The molecule has 2 atom stereocenters. The third-order valence-electron chi connectivity index (χ3n) is 4.45. The largest absolute Gasteiger partial charge is 0.481 e. The molecule has 0 fully saturated rings. The van der Waals surface area contributed by atoms with Gasteiger partial charge in [0.05, 0.1) is 12.3 Å². The summed E-state index contributed by atoms with van der Waals surface area (Å²) in [6.45, 7) is 8.18. The van der Waals surface area contributed by atoms with Gasteiger partial charge in [0.15, 0.2) is 0 Å². The predicted molar refractivity (Wildman–Crippen MR) is 105 cm³/mol. The van der Waals surface area contributed by atoms with Crippen LogP contribution in [-0.2, 0) is 9.59 Å². The second-order valence-electron chi connectivity index (χ2n) is 6.74. The number of amides is 1. The van der Waals surface area contributed by atoms with Crippen LogP contribution in [0.3, 0.4) is 0 Å². The molecule has 0 aromatic carbocycles. The van der Waals surface area contributed by atoms with E-state index in [1.54, 1.807) is 24.5 Å². The van der Waals surface area contributed by atoms with E-state index in [0.717, 1.165) is 19.3 Å². The maximum absolute atomic E-state index is 12.6. The van der Waals surface area contributed by atoms with Crippen LogP contribution in [0.2, 0.25) is 0 Å². The van der Waals surface area contributed by atoms with Gasteiger partial charge in [0, 0.05) is 18.1 Å². The van der Waals surface area contributed by atoms with Crippen molar-refractivity contribution in [2.45, 2.75) is 53.4 Å². The zero-order valence-corrected chi connectivity index (χ0v) is 16.2. The van der Waals surface area contributed by atoms with Gasteiger partial charge in [-0.3, -0.25) is 14.6 Å². The smallest absolute Gasteiger partial charge is 0.304 e. The van der Waals surface area contributed by atoms with Gasteiger partial charge in [0.2, 0.25) is 5.91 Å². The molecule has 1 aromatic rings. The maximum atomic E-state index is 12.6. The number of carboxylic acids is 1. The molecule has 2 N–H and O–H groups in total. The molecule has 1 amide bonds. The normalized spacial score (nSPS) is 14.6. The highest BCUT2D eigenvalue weighted by Crippen LogP contribution is 2.22.